The van der Waals surface area contributed by atoms with Crippen molar-refractivity contribution in [1.82, 2.24) is 4.98 Å². The first kappa shape index (κ1) is 8.51. The van der Waals surface area contributed by atoms with E-state index >= 15 is 0 Å². The highest BCUT2D eigenvalue weighted by Crippen LogP contribution is 2.16. The van der Waals surface area contributed by atoms with E-state index in [9.17, 15) is 18.1 Å². The molecule has 0 bridgehead atoms. The van der Waals surface area contributed by atoms with Crippen LogP contribution in [-0.2, 0) is 0 Å². The number of hydrogen-bond donors (Lipinski definition) is 0. The number of anilines is 1. The summed E-state index contributed by atoms with van der Waals surface area (Å²) in [7, 11) is 0. The first-order valence-corrected chi connectivity index (χ1v) is 2.87. The minimum atomic E-state index is -1.45. The Hall–Kier alpha value is -1.59. The van der Waals surface area contributed by atoms with Gasteiger partial charge in [0.15, 0.2) is 12.1 Å². The number of carbonyl (C=O) groups excluding carboxylic acids is 1. The predicted molar refractivity (Wildman–Crippen MR) is 34.3 cm³/mol. The van der Waals surface area contributed by atoms with Crippen LogP contribution in [0.15, 0.2) is 12.3 Å². The summed E-state index contributed by atoms with van der Waals surface area (Å²) in [6, 6.07) is 0.682. The van der Waals surface area contributed by atoms with E-state index in [0.717, 1.165) is 6.20 Å². The van der Waals surface area contributed by atoms with Crippen molar-refractivity contribution < 1.29 is 18.1 Å². The summed E-state index contributed by atoms with van der Waals surface area (Å²) < 4.78 is 36.0. The molecule has 0 unspecified atom stereocenters. The zero-order valence-corrected chi connectivity index (χ0v) is 5.67. The van der Waals surface area contributed by atoms with Gasteiger partial charge in [0.1, 0.15) is 0 Å². The van der Waals surface area contributed by atoms with Gasteiger partial charge in [-0.1, -0.05) is 8.96 Å². The minimum Gasteiger partial charge on any atom is -0.298 e. The lowest BCUT2D eigenvalue weighted by atomic mass is 10.3. The Balaban J connectivity index is 3.11. The topological polar surface area (TPSA) is 33.2 Å². The fourth-order valence-electron chi connectivity index (χ4n) is 0.634. The fourth-order valence-corrected chi connectivity index (χ4v) is 0.634. The molecule has 0 aliphatic heterocycles. The average Bonchev–Trinajstić information content (AvgIpc) is 2.03. The molecule has 1 rings (SSSR count). The number of rotatable bonds is 2. The Bertz CT molecular complexity index is 303. The van der Waals surface area contributed by atoms with Crippen molar-refractivity contribution in [2.24, 2.45) is 0 Å². The van der Waals surface area contributed by atoms with E-state index in [1.54, 1.807) is 0 Å². The Morgan fingerprint density at radius 3 is 2.58 bits per heavy atom. The van der Waals surface area contributed by atoms with E-state index in [-0.39, 0.29) is 5.56 Å². The molecular formula is C6H3F3N2O. The first-order chi connectivity index (χ1) is 5.65. The third-order valence-electron chi connectivity index (χ3n) is 1.14. The lowest BCUT2D eigenvalue weighted by Gasteiger charge is -2.01. The molecule has 0 N–H and O–H groups in total. The van der Waals surface area contributed by atoms with Crippen molar-refractivity contribution in [3.8, 4) is 0 Å². The third-order valence-corrected chi connectivity index (χ3v) is 1.14. The molecular weight excluding hydrogens is 173 g/mol. The summed E-state index contributed by atoms with van der Waals surface area (Å²) in [6.45, 7) is 0. The summed E-state index contributed by atoms with van der Waals surface area (Å²) in [6.07, 6.45) is 1.18. The highest BCUT2D eigenvalue weighted by molar-refractivity contribution is 5.74. The van der Waals surface area contributed by atoms with Gasteiger partial charge >= 0.3 is 0 Å². The van der Waals surface area contributed by atoms with Crippen LogP contribution in [0.5, 0.6) is 0 Å². The van der Waals surface area contributed by atoms with Gasteiger partial charge in [-0.25, -0.2) is 9.37 Å². The molecule has 1 aromatic heterocycles. The van der Waals surface area contributed by atoms with E-state index in [1.807, 2.05) is 0 Å². The average molecular weight is 176 g/mol. The van der Waals surface area contributed by atoms with E-state index in [2.05, 4.69) is 4.98 Å². The van der Waals surface area contributed by atoms with E-state index in [4.69, 9.17) is 0 Å². The molecule has 1 aromatic rings. The first-order valence-electron chi connectivity index (χ1n) is 2.87. The lowest BCUT2D eigenvalue weighted by Crippen LogP contribution is -2.02. The quantitative estimate of drug-likeness (QED) is 0.507. The zero-order valence-electron chi connectivity index (χ0n) is 5.67. The van der Waals surface area contributed by atoms with Crippen LogP contribution in [0.3, 0.4) is 0 Å². The molecule has 0 spiro atoms. The normalized spacial score (nSPS) is 9.58. The molecule has 0 aliphatic carbocycles. The van der Waals surface area contributed by atoms with Gasteiger partial charge < -0.3 is 0 Å². The molecule has 0 fully saturated rings. The Labute approximate surface area is 65.3 Å². The number of hydrogen-bond acceptors (Lipinski definition) is 3. The highest BCUT2D eigenvalue weighted by Gasteiger charge is 2.12. The van der Waals surface area contributed by atoms with Crippen LogP contribution in [0.25, 0.3) is 0 Å². The molecule has 0 atom stereocenters. The number of aldehydes is 1. The highest BCUT2D eigenvalue weighted by atomic mass is 19.4. The maximum absolute atomic E-state index is 12.5. The van der Waals surface area contributed by atoms with Crippen molar-refractivity contribution in [3.63, 3.8) is 0 Å². The van der Waals surface area contributed by atoms with Gasteiger partial charge in [0.2, 0.25) is 5.82 Å². The van der Waals surface area contributed by atoms with Crippen LogP contribution in [0.2, 0.25) is 0 Å². The van der Waals surface area contributed by atoms with Crippen molar-refractivity contribution in [2.45, 2.75) is 0 Å². The molecule has 0 saturated carbocycles. The zero-order chi connectivity index (χ0) is 9.14. The summed E-state index contributed by atoms with van der Waals surface area (Å²) >= 11 is 0. The van der Waals surface area contributed by atoms with Gasteiger partial charge in [-0.05, 0) is 11.4 Å². The molecule has 0 saturated heterocycles. The Kier molecular flexibility index (Phi) is 2.27. The second-order valence-corrected chi connectivity index (χ2v) is 1.92. The van der Waals surface area contributed by atoms with E-state index in [1.165, 1.54) is 0 Å². The van der Waals surface area contributed by atoms with Crippen LogP contribution in [0, 0.1) is 5.82 Å². The van der Waals surface area contributed by atoms with Gasteiger partial charge in [0.05, 0.1) is 0 Å². The van der Waals surface area contributed by atoms with Gasteiger partial charge in [0.25, 0.3) is 0 Å². The van der Waals surface area contributed by atoms with E-state index in [0.29, 0.717) is 12.4 Å². The van der Waals surface area contributed by atoms with Crippen LogP contribution < -0.4 is 5.34 Å². The van der Waals surface area contributed by atoms with Crippen molar-refractivity contribution in [2.75, 3.05) is 5.34 Å². The molecule has 0 aromatic carbocycles. The van der Waals surface area contributed by atoms with E-state index < -0.39 is 17.0 Å². The minimum absolute atomic E-state index is 0.0851. The van der Waals surface area contributed by atoms with Gasteiger partial charge in [-0.15, -0.1) is 0 Å². The van der Waals surface area contributed by atoms with Crippen LogP contribution in [0.1, 0.15) is 10.4 Å². The van der Waals surface area contributed by atoms with Crippen LogP contribution in [0.4, 0.5) is 19.2 Å². The SMILES string of the molecule is O=Cc1cnc(N(F)F)c(F)c1. The van der Waals surface area contributed by atoms with Crippen LogP contribution in [-0.4, -0.2) is 11.3 Å². The summed E-state index contributed by atoms with van der Waals surface area (Å²) in [5.41, 5.74) is -0.0851. The number of nitrogens with zero attached hydrogens (tertiary/aromatic N) is 2. The fraction of sp³-hybridized carbons (Fsp3) is 0. The Morgan fingerprint density at radius 1 is 1.50 bits per heavy atom. The smallest absolute Gasteiger partial charge is 0.230 e. The number of carbonyl (C=O) groups is 1. The second kappa shape index (κ2) is 3.21. The molecule has 64 valence electrons. The predicted octanol–water partition coefficient (Wildman–Crippen LogP) is 1.61. The molecule has 0 aliphatic rings. The molecule has 6 heteroatoms. The van der Waals surface area contributed by atoms with Crippen molar-refractivity contribution >= 4 is 12.1 Å². The van der Waals surface area contributed by atoms with Gasteiger partial charge in [-0.3, -0.25) is 4.79 Å². The maximum Gasteiger partial charge on any atom is 0.230 e. The standard InChI is InChI=1S/C6H3F3N2O/c7-5-1-4(3-12)2-10-6(5)11(8)9/h1-3H. The van der Waals surface area contributed by atoms with Gasteiger partial charge in [-0.2, -0.15) is 0 Å². The molecule has 12 heavy (non-hydrogen) atoms. The molecule has 0 amide bonds. The maximum atomic E-state index is 12.5. The number of halogens is 3. The molecule has 0 radical (unpaired) electrons. The second-order valence-electron chi connectivity index (χ2n) is 1.92. The number of aromatic nitrogens is 1. The number of pyridine rings is 1. The van der Waals surface area contributed by atoms with Crippen molar-refractivity contribution in [1.29, 1.82) is 0 Å². The monoisotopic (exact) mass is 176 g/mol. The Morgan fingerprint density at radius 2 is 2.17 bits per heavy atom. The molecule has 1 heterocycles. The third kappa shape index (κ3) is 1.52. The molecule has 3 nitrogen and oxygen atoms in total. The summed E-state index contributed by atoms with van der Waals surface area (Å²) in [4.78, 5) is 13.1. The van der Waals surface area contributed by atoms with Crippen LogP contribution >= 0.6 is 0 Å². The largest absolute Gasteiger partial charge is 0.298 e. The van der Waals surface area contributed by atoms with Crippen molar-refractivity contribution in [3.05, 3.63) is 23.6 Å². The lowest BCUT2D eigenvalue weighted by molar-refractivity contribution is 0.112. The summed E-state index contributed by atoms with van der Waals surface area (Å²) in [5.74, 6) is -2.33. The van der Waals surface area contributed by atoms with Gasteiger partial charge in [0, 0.05) is 11.8 Å². The summed E-state index contributed by atoms with van der Waals surface area (Å²) in [5, 5.41) is -1.45.